The van der Waals surface area contributed by atoms with E-state index in [2.05, 4.69) is 4.90 Å². The van der Waals surface area contributed by atoms with Crippen LogP contribution in [0.1, 0.15) is 41.6 Å². The average Bonchev–Trinajstić information content (AvgIpc) is 2.77. The molecule has 5 N–H and O–H groups in total. The van der Waals surface area contributed by atoms with Gasteiger partial charge < -0.3 is 16.6 Å². The van der Waals surface area contributed by atoms with Crippen LogP contribution in [0.15, 0.2) is 18.2 Å². The van der Waals surface area contributed by atoms with Crippen molar-refractivity contribution < 1.29 is 9.90 Å². The fraction of sp³-hybridized carbons (Fsp3) is 0.533. The molecular formula is C15H23N3O2. The van der Waals surface area contributed by atoms with Crippen molar-refractivity contribution in [3.8, 4) is 0 Å². The van der Waals surface area contributed by atoms with Gasteiger partial charge in [-0.3, -0.25) is 9.69 Å². The number of amides is 1. The van der Waals surface area contributed by atoms with Gasteiger partial charge in [-0.25, -0.2) is 0 Å². The summed E-state index contributed by atoms with van der Waals surface area (Å²) in [6, 6.07) is 5.12. The van der Waals surface area contributed by atoms with Gasteiger partial charge in [0.2, 0.25) is 5.91 Å². The van der Waals surface area contributed by atoms with Gasteiger partial charge in [0.1, 0.15) is 0 Å². The molecule has 5 nitrogen and oxygen atoms in total. The first kappa shape index (κ1) is 14.8. The van der Waals surface area contributed by atoms with E-state index in [0.29, 0.717) is 24.3 Å². The zero-order valence-electron chi connectivity index (χ0n) is 11.9. The van der Waals surface area contributed by atoms with Gasteiger partial charge in [0.05, 0.1) is 5.60 Å². The van der Waals surface area contributed by atoms with Crippen LogP contribution in [0.5, 0.6) is 0 Å². The van der Waals surface area contributed by atoms with E-state index in [1.807, 2.05) is 13.1 Å². The first-order valence-electron chi connectivity index (χ1n) is 6.99. The molecule has 0 bridgehead atoms. The number of nitrogens with two attached hydrogens (primary N) is 2. The Morgan fingerprint density at radius 1 is 1.40 bits per heavy atom. The number of nitrogens with zero attached hydrogens (tertiary/aromatic N) is 1. The van der Waals surface area contributed by atoms with E-state index < -0.39 is 11.5 Å². The number of hydrogen-bond acceptors (Lipinski definition) is 4. The second kappa shape index (κ2) is 5.81. The minimum Gasteiger partial charge on any atom is -0.398 e. The standard InChI is InChI=1S/C15H23N3O2/c1-18(10-15(20)6-2-3-7-15)9-12-5-4-11(14(17)19)8-13(12)16/h4-5,8,20H,2-3,6-7,9-10,16H2,1H3,(H2,17,19). The van der Waals surface area contributed by atoms with Crippen LogP contribution >= 0.6 is 0 Å². The van der Waals surface area contributed by atoms with Crippen molar-refractivity contribution in [2.75, 3.05) is 19.3 Å². The molecule has 1 aliphatic rings. The highest BCUT2D eigenvalue weighted by Crippen LogP contribution is 2.30. The van der Waals surface area contributed by atoms with Crippen molar-refractivity contribution in [1.29, 1.82) is 0 Å². The molecule has 1 saturated carbocycles. The fourth-order valence-corrected chi connectivity index (χ4v) is 2.93. The van der Waals surface area contributed by atoms with Gasteiger partial charge in [0.15, 0.2) is 0 Å². The molecule has 0 radical (unpaired) electrons. The maximum atomic E-state index is 11.1. The molecule has 5 heteroatoms. The smallest absolute Gasteiger partial charge is 0.248 e. The van der Waals surface area contributed by atoms with Crippen molar-refractivity contribution in [3.63, 3.8) is 0 Å². The summed E-state index contributed by atoms with van der Waals surface area (Å²) < 4.78 is 0. The molecule has 2 rings (SSSR count). The van der Waals surface area contributed by atoms with Crippen molar-refractivity contribution in [2.24, 2.45) is 5.73 Å². The molecule has 0 saturated heterocycles. The van der Waals surface area contributed by atoms with Gasteiger partial charge in [-0.1, -0.05) is 18.9 Å². The largest absolute Gasteiger partial charge is 0.398 e. The maximum Gasteiger partial charge on any atom is 0.248 e. The highest BCUT2D eigenvalue weighted by Gasteiger charge is 2.32. The Hall–Kier alpha value is -1.59. The Morgan fingerprint density at radius 3 is 2.60 bits per heavy atom. The number of nitrogen functional groups attached to an aromatic ring is 1. The number of anilines is 1. The summed E-state index contributed by atoms with van der Waals surface area (Å²) in [6.07, 6.45) is 3.93. The predicted octanol–water partition coefficient (Wildman–Crippen LogP) is 1.10. The zero-order chi connectivity index (χ0) is 14.8. The lowest BCUT2D eigenvalue weighted by atomic mass is 10.0. The second-order valence-corrected chi connectivity index (χ2v) is 5.88. The number of carbonyl (C=O) groups is 1. The summed E-state index contributed by atoms with van der Waals surface area (Å²) in [5.74, 6) is -0.475. The Bertz CT molecular complexity index is 496. The molecule has 1 fully saturated rings. The molecule has 0 unspecified atom stereocenters. The second-order valence-electron chi connectivity index (χ2n) is 5.88. The normalized spacial score (nSPS) is 17.6. The molecule has 0 aromatic heterocycles. The Morgan fingerprint density at radius 2 is 2.05 bits per heavy atom. The molecular weight excluding hydrogens is 254 g/mol. The third-order valence-electron chi connectivity index (χ3n) is 3.97. The topological polar surface area (TPSA) is 92.6 Å². The molecule has 1 aromatic rings. The minimum absolute atomic E-state index is 0.420. The van der Waals surface area contributed by atoms with Crippen LogP contribution in [-0.2, 0) is 6.54 Å². The quantitative estimate of drug-likeness (QED) is 0.703. The van der Waals surface area contributed by atoms with Gasteiger partial charge in [-0.15, -0.1) is 0 Å². The van der Waals surface area contributed by atoms with E-state index in [1.165, 1.54) is 0 Å². The summed E-state index contributed by atoms with van der Waals surface area (Å²) in [5, 5.41) is 10.4. The Labute approximate surface area is 119 Å². The number of primary amides is 1. The third-order valence-corrected chi connectivity index (χ3v) is 3.97. The van der Waals surface area contributed by atoms with Crippen LogP contribution in [0.4, 0.5) is 5.69 Å². The van der Waals surface area contributed by atoms with Crippen LogP contribution in [0.3, 0.4) is 0 Å². The van der Waals surface area contributed by atoms with Crippen molar-refractivity contribution in [2.45, 2.75) is 37.8 Å². The van der Waals surface area contributed by atoms with Gasteiger partial charge in [0, 0.05) is 24.3 Å². The summed E-state index contributed by atoms with van der Waals surface area (Å²) in [6.45, 7) is 1.29. The number of benzene rings is 1. The molecule has 20 heavy (non-hydrogen) atoms. The first-order chi connectivity index (χ1) is 9.39. The lowest BCUT2D eigenvalue weighted by Gasteiger charge is -2.28. The average molecular weight is 277 g/mol. The van der Waals surface area contributed by atoms with E-state index in [-0.39, 0.29) is 0 Å². The number of carbonyl (C=O) groups excluding carboxylic acids is 1. The molecule has 1 aromatic carbocycles. The van der Waals surface area contributed by atoms with E-state index >= 15 is 0 Å². The summed E-state index contributed by atoms with van der Waals surface area (Å²) in [7, 11) is 1.97. The number of likely N-dealkylation sites (N-methyl/N-ethyl adjacent to an activating group) is 1. The van der Waals surface area contributed by atoms with Crippen molar-refractivity contribution >= 4 is 11.6 Å². The fourth-order valence-electron chi connectivity index (χ4n) is 2.93. The third kappa shape index (κ3) is 3.49. The van der Waals surface area contributed by atoms with Crippen LogP contribution in [0, 0.1) is 0 Å². The molecule has 0 spiro atoms. The van der Waals surface area contributed by atoms with E-state index in [9.17, 15) is 9.90 Å². The summed E-state index contributed by atoms with van der Waals surface area (Å²) in [5.41, 5.74) is 12.5. The Balaban J connectivity index is 2.00. The van der Waals surface area contributed by atoms with Crippen LogP contribution in [0.2, 0.25) is 0 Å². The Kier molecular flexibility index (Phi) is 4.30. The number of aliphatic hydroxyl groups is 1. The van der Waals surface area contributed by atoms with E-state index in [1.54, 1.807) is 12.1 Å². The maximum absolute atomic E-state index is 11.1. The summed E-state index contributed by atoms with van der Waals surface area (Å²) >= 11 is 0. The van der Waals surface area contributed by atoms with Crippen LogP contribution < -0.4 is 11.5 Å². The predicted molar refractivity (Wildman–Crippen MR) is 79.1 cm³/mol. The highest BCUT2D eigenvalue weighted by atomic mass is 16.3. The number of rotatable bonds is 5. The lowest BCUT2D eigenvalue weighted by Crippen LogP contribution is -2.38. The van der Waals surface area contributed by atoms with Gasteiger partial charge >= 0.3 is 0 Å². The van der Waals surface area contributed by atoms with Crippen LogP contribution in [0.25, 0.3) is 0 Å². The molecule has 0 atom stereocenters. The van der Waals surface area contributed by atoms with Crippen LogP contribution in [-0.4, -0.2) is 35.1 Å². The molecule has 1 aliphatic carbocycles. The first-order valence-corrected chi connectivity index (χ1v) is 6.99. The molecule has 0 aliphatic heterocycles. The summed E-state index contributed by atoms with van der Waals surface area (Å²) in [4.78, 5) is 13.2. The van der Waals surface area contributed by atoms with Gasteiger partial charge in [-0.05, 0) is 37.6 Å². The molecule has 0 heterocycles. The number of hydrogen-bond donors (Lipinski definition) is 3. The lowest BCUT2D eigenvalue weighted by molar-refractivity contribution is 0.0146. The van der Waals surface area contributed by atoms with Gasteiger partial charge in [-0.2, -0.15) is 0 Å². The SMILES string of the molecule is CN(Cc1ccc(C(N)=O)cc1N)CC1(O)CCCC1. The molecule has 1 amide bonds. The van der Waals surface area contributed by atoms with Crippen molar-refractivity contribution in [3.05, 3.63) is 29.3 Å². The highest BCUT2D eigenvalue weighted by molar-refractivity contribution is 5.93. The minimum atomic E-state index is -0.559. The van der Waals surface area contributed by atoms with E-state index in [0.717, 1.165) is 31.2 Å². The van der Waals surface area contributed by atoms with Crippen molar-refractivity contribution in [1.82, 2.24) is 4.90 Å². The van der Waals surface area contributed by atoms with E-state index in [4.69, 9.17) is 11.5 Å². The monoisotopic (exact) mass is 277 g/mol. The van der Waals surface area contributed by atoms with Gasteiger partial charge in [0.25, 0.3) is 0 Å². The zero-order valence-corrected chi connectivity index (χ0v) is 11.9. The molecule has 110 valence electrons.